The quantitative estimate of drug-likeness (QED) is 0.313. The molecule has 1 heterocycles. The lowest BCUT2D eigenvalue weighted by atomic mass is 10.2. The Morgan fingerprint density at radius 3 is 2.36 bits per heavy atom. The summed E-state index contributed by atoms with van der Waals surface area (Å²) >= 11 is 5.90. The molecule has 0 aliphatic heterocycles. The van der Waals surface area contributed by atoms with Crippen LogP contribution in [0.4, 0.5) is 0 Å². The van der Waals surface area contributed by atoms with Crippen LogP contribution in [-0.2, 0) is 6.54 Å². The van der Waals surface area contributed by atoms with Crippen molar-refractivity contribution in [2.45, 2.75) is 46.3 Å². The average molecular weight is 521 g/mol. The largest absolute Gasteiger partial charge is 0.355 e. The van der Waals surface area contributed by atoms with Gasteiger partial charge in [-0.3, -0.25) is 9.89 Å². The van der Waals surface area contributed by atoms with Gasteiger partial charge in [0, 0.05) is 42.8 Å². The van der Waals surface area contributed by atoms with E-state index in [4.69, 9.17) is 16.1 Å². The summed E-state index contributed by atoms with van der Waals surface area (Å²) in [7, 11) is 1.74. The maximum absolute atomic E-state index is 5.90. The highest BCUT2D eigenvalue weighted by Crippen LogP contribution is 2.18. The number of guanidine groups is 1. The van der Waals surface area contributed by atoms with Gasteiger partial charge in [0.15, 0.2) is 5.96 Å². The molecule has 2 rings (SSSR count). The molecule has 2 N–H and O–H groups in total. The van der Waals surface area contributed by atoms with Gasteiger partial charge in [0.2, 0.25) is 11.7 Å². The standard InChI is InChI=1S/C19H29ClN6O.HI/c1-13(2)26(14(3)4)11-10-22-19(21-5)23-12-17-24-18(25-27-17)15-6-8-16(20)9-7-15;/h6-9,13-14H,10-12H2,1-5H3,(H2,21,22,23);1H. The molecule has 7 nitrogen and oxygen atoms in total. The Labute approximate surface area is 189 Å². The van der Waals surface area contributed by atoms with Crippen molar-refractivity contribution in [3.05, 3.63) is 35.2 Å². The predicted octanol–water partition coefficient (Wildman–Crippen LogP) is 3.79. The summed E-state index contributed by atoms with van der Waals surface area (Å²) < 4.78 is 5.30. The molecule has 0 amide bonds. The molecule has 0 radical (unpaired) electrons. The van der Waals surface area contributed by atoms with Crippen molar-refractivity contribution < 1.29 is 4.52 Å². The number of aliphatic imine (C=N–C) groups is 1. The molecule has 0 spiro atoms. The van der Waals surface area contributed by atoms with Crippen LogP contribution in [0.2, 0.25) is 5.02 Å². The molecule has 0 saturated carbocycles. The topological polar surface area (TPSA) is 78.6 Å². The second kappa shape index (κ2) is 12.2. The number of rotatable bonds is 8. The van der Waals surface area contributed by atoms with Gasteiger partial charge in [0.25, 0.3) is 0 Å². The Morgan fingerprint density at radius 2 is 1.79 bits per heavy atom. The van der Waals surface area contributed by atoms with Gasteiger partial charge < -0.3 is 15.2 Å². The molecule has 0 bridgehead atoms. The van der Waals surface area contributed by atoms with Gasteiger partial charge in [-0.2, -0.15) is 4.98 Å². The highest BCUT2D eigenvalue weighted by Gasteiger charge is 2.13. The van der Waals surface area contributed by atoms with Gasteiger partial charge in [-0.05, 0) is 52.0 Å². The number of benzene rings is 1. The fourth-order valence-corrected chi connectivity index (χ4v) is 2.96. The number of hydrogen-bond acceptors (Lipinski definition) is 5. The third-order valence-corrected chi connectivity index (χ3v) is 4.44. The molecule has 0 aliphatic carbocycles. The van der Waals surface area contributed by atoms with Crippen molar-refractivity contribution in [3.8, 4) is 11.4 Å². The SMILES string of the molecule is CN=C(NCCN(C(C)C)C(C)C)NCc1nc(-c2ccc(Cl)cc2)no1.I. The normalized spacial score (nSPS) is 11.8. The van der Waals surface area contributed by atoms with E-state index in [1.54, 1.807) is 19.2 Å². The van der Waals surface area contributed by atoms with Crippen LogP contribution in [0.1, 0.15) is 33.6 Å². The van der Waals surface area contributed by atoms with Crippen LogP contribution in [-0.4, -0.2) is 53.2 Å². The number of nitrogens with zero attached hydrogens (tertiary/aromatic N) is 4. The summed E-state index contributed by atoms with van der Waals surface area (Å²) in [5.41, 5.74) is 0.861. The molecule has 1 aromatic heterocycles. The lowest BCUT2D eigenvalue weighted by molar-refractivity contribution is 0.178. The van der Waals surface area contributed by atoms with Crippen molar-refractivity contribution in [3.63, 3.8) is 0 Å². The van der Waals surface area contributed by atoms with Gasteiger partial charge in [-0.15, -0.1) is 24.0 Å². The number of hydrogen-bond donors (Lipinski definition) is 2. The van der Waals surface area contributed by atoms with Crippen molar-refractivity contribution >= 4 is 41.5 Å². The maximum Gasteiger partial charge on any atom is 0.246 e. The number of nitrogens with one attached hydrogen (secondary N) is 2. The molecule has 0 saturated heterocycles. The summed E-state index contributed by atoms with van der Waals surface area (Å²) in [4.78, 5) is 11.1. The molecule has 9 heteroatoms. The van der Waals surface area contributed by atoms with Crippen LogP contribution in [0.3, 0.4) is 0 Å². The third kappa shape index (κ3) is 7.56. The second-order valence-electron chi connectivity index (χ2n) is 6.80. The Kier molecular flexibility index (Phi) is 10.8. The second-order valence-corrected chi connectivity index (χ2v) is 7.23. The van der Waals surface area contributed by atoms with Gasteiger partial charge in [-0.1, -0.05) is 16.8 Å². The number of halogens is 2. The van der Waals surface area contributed by atoms with Gasteiger partial charge in [0.05, 0.1) is 6.54 Å². The summed E-state index contributed by atoms with van der Waals surface area (Å²) in [5, 5.41) is 11.2. The summed E-state index contributed by atoms with van der Waals surface area (Å²) in [5.74, 6) is 1.73. The molecular weight excluding hydrogens is 491 g/mol. The zero-order chi connectivity index (χ0) is 19.8. The van der Waals surface area contributed by atoms with Crippen LogP contribution >= 0.6 is 35.6 Å². The molecule has 156 valence electrons. The molecular formula is C19H30ClIN6O. The van der Waals surface area contributed by atoms with E-state index < -0.39 is 0 Å². The molecule has 0 aliphatic rings. The minimum absolute atomic E-state index is 0. The van der Waals surface area contributed by atoms with Gasteiger partial charge >= 0.3 is 0 Å². The Bertz CT molecular complexity index is 724. The zero-order valence-electron chi connectivity index (χ0n) is 17.1. The summed E-state index contributed by atoms with van der Waals surface area (Å²) in [6.45, 7) is 11.0. The Morgan fingerprint density at radius 1 is 1.14 bits per heavy atom. The molecule has 0 atom stereocenters. The predicted molar refractivity (Wildman–Crippen MR) is 125 cm³/mol. The highest BCUT2D eigenvalue weighted by molar-refractivity contribution is 14.0. The molecule has 0 unspecified atom stereocenters. The van der Waals surface area contributed by atoms with E-state index in [1.807, 2.05) is 12.1 Å². The summed E-state index contributed by atoms with van der Waals surface area (Å²) in [6, 6.07) is 8.33. The van der Waals surface area contributed by atoms with E-state index in [2.05, 4.69) is 58.4 Å². The number of aromatic nitrogens is 2. The highest BCUT2D eigenvalue weighted by atomic mass is 127. The Balaban J connectivity index is 0.00000392. The molecule has 28 heavy (non-hydrogen) atoms. The van der Waals surface area contributed by atoms with E-state index >= 15 is 0 Å². The summed E-state index contributed by atoms with van der Waals surface area (Å²) in [6.07, 6.45) is 0. The fraction of sp³-hybridized carbons (Fsp3) is 0.526. The van der Waals surface area contributed by atoms with Crippen LogP contribution in [0.5, 0.6) is 0 Å². The van der Waals surface area contributed by atoms with E-state index in [-0.39, 0.29) is 24.0 Å². The fourth-order valence-electron chi connectivity index (χ4n) is 2.84. The van der Waals surface area contributed by atoms with E-state index in [1.165, 1.54) is 0 Å². The van der Waals surface area contributed by atoms with Crippen molar-refractivity contribution in [1.29, 1.82) is 0 Å². The smallest absolute Gasteiger partial charge is 0.246 e. The van der Waals surface area contributed by atoms with Crippen LogP contribution in [0.25, 0.3) is 11.4 Å². The minimum Gasteiger partial charge on any atom is -0.355 e. The first-order valence-corrected chi connectivity index (χ1v) is 9.57. The monoisotopic (exact) mass is 520 g/mol. The first-order chi connectivity index (χ1) is 12.9. The van der Waals surface area contributed by atoms with Crippen LogP contribution in [0.15, 0.2) is 33.8 Å². The lowest BCUT2D eigenvalue weighted by Crippen LogP contribution is -2.45. The van der Waals surface area contributed by atoms with E-state index in [9.17, 15) is 0 Å². The maximum atomic E-state index is 5.90. The van der Waals surface area contributed by atoms with Crippen LogP contribution < -0.4 is 10.6 Å². The van der Waals surface area contributed by atoms with Crippen molar-refractivity contribution in [1.82, 2.24) is 25.7 Å². The average Bonchev–Trinajstić information content (AvgIpc) is 3.10. The van der Waals surface area contributed by atoms with Gasteiger partial charge in [0.1, 0.15) is 0 Å². The lowest BCUT2D eigenvalue weighted by Gasteiger charge is -2.30. The minimum atomic E-state index is 0. The van der Waals surface area contributed by atoms with E-state index in [0.29, 0.717) is 41.3 Å². The van der Waals surface area contributed by atoms with E-state index in [0.717, 1.165) is 18.7 Å². The first kappa shape index (κ1) is 24.6. The van der Waals surface area contributed by atoms with Gasteiger partial charge in [-0.25, -0.2) is 0 Å². The van der Waals surface area contributed by atoms with Crippen molar-refractivity contribution in [2.75, 3.05) is 20.1 Å². The molecule has 0 fully saturated rings. The molecule has 1 aromatic carbocycles. The first-order valence-electron chi connectivity index (χ1n) is 9.19. The van der Waals surface area contributed by atoms with Crippen molar-refractivity contribution in [2.24, 2.45) is 4.99 Å². The molecule has 2 aromatic rings. The third-order valence-electron chi connectivity index (χ3n) is 4.19. The van der Waals surface area contributed by atoms with Crippen LogP contribution in [0, 0.1) is 0 Å². The Hall–Kier alpha value is -1.39. The zero-order valence-corrected chi connectivity index (χ0v) is 20.2.